The Morgan fingerprint density at radius 3 is 2.52 bits per heavy atom. The molecule has 1 aromatic carbocycles. The average molecular weight is 361 g/mol. The van der Waals surface area contributed by atoms with E-state index in [0.717, 1.165) is 43.0 Å². The monoisotopic (exact) mass is 360 g/mol. The maximum absolute atomic E-state index is 14.7. The molecule has 4 nitrogen and oxygen atoms in total. The van der Waals surface area contributed by atoms with Crippen molar-refractivity contribution in [1.82, 2.24) is 14.4 Å². The smallest absolute Gasteiger partial charge is 0.235 e. The molecule has 132 valence electrons. The normalized spacial score (nSPS) is 11.2. The van der Waals surface area contributed by atoms with Crippen LogP contribution in [0, 0.1) is 12.7 Å². The first-order valence-electron chi connectivity index (χ1n) is 8.61. The highest BCUT2D eigenvalue weighted by Gasteiger charge is 2.23. The zero-order chi connectivity index (χ0) is 18.0. The Kier molecular flexibility index (Phi) is 5.23. The summed E-state index contributed by atoms with van der Waals surface area (Å²) < 4.78 is 16.6. The van der Waals surface area contributed by atoms with Crippen LogP contribution in [0.5, 0.6) is 0 Å². The van der Waals surface area contributed by atoms with Crippen LogP contribution < -0.4 is 4.90 Å². The number of imidazole rings is 1. The van der Waals surface area contributed by atoms with Gasteiger partial charge in [-0.2, -0.15) is 0 Å². The van der Waals surface area contributed by atoms with Crippen LogP contribution in [-0.4, -0.2) is 27.5 Å². The van der Waals surface area contributed by atoms with Crippen molar-refractivity contribution in [3.63, 3.8) is 0 Å². The predicted molar refractivity (Wildman–Crippen MR) is 101 cm³/mol. The number of nitrogens with zero attached hydrogens (tertiary/aromatic N) is 4. The third-order valence-corrected chi connectivity index (χ3v) is 4.52. The van der Waals surface area contributed by atoms with Crippen LogP contribution >= 0.6 is 11.6 Å². The summed E-state index contributed by atoms with van der Waals surface area (Å²) >= 11 is 6.38. The minimum Gasteiger partial charge on any atom is -0.357 e. The number of aryl methyl sites for hydroxylation is 1. The number of hydrogen-bond donors (Lipinski definition) is 0. The van der Waals surface area contributed by atoms with Gasteiger partial charge in [0, 0.05) is 36.6 Å². The topological polar surface area (TPSA) is 33.4 Å². The van der Waals surface area contributed by atoms with Crippen LogP contribution in [0.2, 0.25) is 5.02 Å². The highest BCUT2D eigenvalue weighted by molar-refractivity contribution is 6.33. The number of benzene rings is 1. The molecule has 0 N–H and O–H groups in total. The lowest BCUT2D eigenvalue weighted by Gasteiger charge is -2.28. The molecule has 0 saturated carbocycles. The van der Waals surface area contributed by atoms with Crippen molar-refractivity contribution in [2.75, 3.05) is 18.0 Å². The molecule has 25 heavy (non-hydrogen) atoms. The van der Waals surface area contributed by atoms with E-state index < -0.39 is 0 Å². The summed E-state index contributed by atoms with van der Waals surface area (Å²) in [6, 6.07) is 4.77. The fraction of sp³-hybridized carbons (Fsp3) is 0.368. The highest BCUT2D eigenvalue weighted by Crippen LogP contribution is 2.39. The molecule has 2 heterocycles. The van der Waals surface area contributed by atoms with Gasteiger partial charge in [-0.25, -0.2) is 14.4 Å². The standard InChI is InChI=1S/C19H22ClFN4/c1-4-10-24(11-5-2)18-16(17-14(20)7-6-8-15(17)21)13(3)23-19-22-9-12-25(18)19/h6-9,12H,4-5,10-11H2,1-3H3. The van der Waals surface area contributed by atoms with E-state index in [-0.39, 0.29) is 5.82 Å². The van der Waals surface area contributed by atoms with E-state index in [1.807, 2.05) is 17.5 Å². The van der Waals surface area contributed by atoms with Gasteiger partial charge in [0.15, 0.2) is 0 Å². The van der Waals surface area contributed by atoms with Crippen LogP contribution in [0.15, 0.2) is 30.6 Å². The SMILES string of the molecule is CCCN(CCC)c1c(-c2c(F)cccc2Cl)c(C)nc2nccn12. The Labute approximate surface area is 152 Å². The summed E-state index contributed by atoms with van der Waals surface area (Å²) in [6.45, 7) is 7.88. The van der Waals surface area contributed by atoms with Gasteiger partial charge in [0.2, 0.25) is 5.78 Å². The fourth-order valence-corrected chi connectivity index (χ4v) is 3.49. The summed E-state index contributed by atoms with van der Waals surface area (Å²) in [4.78, 5) is 11.1. The van der Waals surface area contributed by atoms with E-state index in [9.17, 15) is 4.39 Å². The number of rotatable bonds is 6. The van der Waals surface area contributed by atoms with Gasteiger partial charge in [-0.05, 0) is 31.9 Å². The summed E-state index contributed by atoms with van der Waals surface area (Å²) in [5.74, 6) is 1.17. The van der Waals surface area contributed by atoms with Gasteiger partial charge in [0.25, 0.3) is 0 Å². The summed E-state index contributed by atoms with van der Waals surface area (Å²) in [7, 11) is 0. The maximum Gasteiger partial charge on any atom is 0.235 e. The maximum atomic E-state index is 14.7. The third kappa shape index (κ3) is 3.21. The summed E-state index contributed by atoms with van der Waals surface area (Å²) in [5.41, 5.74) is 1.85. The summed E-state index contributed by atoms with van der Waals surface area (Å²) in [5, 5.41) is 0.388. The molecular formula is C19H22ClFN4. The largest absolute Gasteiger partial charge is 0.357 e. The van der Waals surface area contributed by atoms with E-state index in [0.29, 0.717) is 16.4 Å². The van der Waals surface area contributed by atoms with E-state index in [1.165, 1.54) is 6.07 Å². The van der Waals surface area contributed by atoms with Crippen molar-refractivity contribution in [2.45, 2.75) is 33.6 Å². The predicted octanol–water partition coefficient (Wildman–Crippen LogP) is 5.12. The lowest BCUT2D eigenvalue weighted by atomic mass is 10.0. The second kappa shape index (κ2) is 7.40. The third-order valence-electron chi connectivity index (χ3n) is 4.20. The molecule has 0 unspecified atom stereocenters. The van der Waals surface area contributed by atoms with Crippen molar-refractivity contribution < 1.29 is 4.39 Å². The van der Waals surface area contributed by atoms with Gasteiger partial charge < -0.3 is 4.90 Å². The zero-order valence-corrected chi connectivity index (χ0v) is 15.5. The molecule has 3 aromatic rings. The second-order valence-electron chi connectivity index (χ2n) is 6.08. The Morgan fingerprint density at radius 1 is 1.16 bits per heavy atom. The minimum absolute atomic E-state index is 0.342. The molecular weight excluding hydrogens is 339 g/mol. The lowest BCUT2D eigenvalue weighted by Crippen LogP contribution is -2.28. The van der Waals surface area contributed by atoms with Crippen molar-refractivity contribution >= 4 is 23.2 Å². The first-order chi connectivity index (χ1) is 12.1. The van der Waals surface area contributed by atoms with E-state index >= 15 is 0 Å². The highest BCUT2D eigenvalue weighted by atomic mass is 35.5. The van der Waals surface area contributed by atoms with Gasteiger partial charge >= 0.3 is 0 Å². The van der Waals surface area contributed by atoms with Gasteiger partial charge in [-0.1, -0.05) is 31.5 Å². The molecule has 0 amide bonds. The molecule has 0 saturated heterocycles. The van der Waals surface area contributed by atoms with Gasteiger partial charge in [-0.15, -0.1) is 0 Å². The van der Waals surface area contributed by atoms with Crippen LogP contribution in [-0.2, 0) is 0 Å². The van der Waals surface area contributed by atoms with Crippen molar-refractivity contribution in [3.05, 3.63) is 47.1 Å². The minimum atomic E-state index is -0.342. The molecule has 6 heteroatoms. The van der Waals surface area contributed by atoms with E-state index in [4.69, 9.17) is 11.6 Å². The molecule has 0 bridgehead atoms. The zero-order valence-electron chi connectivity index (χ0n) is 14.8. The molecule has 0 aliphatic carbocycles. The Bertz CT molecular complexity index is 864. The van der Waals surface area contributed by atoms with E-state index in [2.05, 4.69) is 28.7 Å². The molecule has 2 aromatic heterocycles. The summed E-state index contributed by atoms with van der Waals surface area (Å²) in [6.07, 6.45) is 5.56. The van der Waals surface area contributed by atoms with Crippen LogP contribution in [0.25, 0.3) is 16.9 Å². The van der Waals surface area contributed by atoms with Crippen LogP contribution in [0.4, 0.5) is 10.2 Å². The Morgan fingerprint density at radius 2 is 1.88 bits per heavy atom. The number of anilines is 1. The van der Waals surface area contributed by atoms with Crippen molar-refractivity contribution in [1.29, 1.82) is 0 Å². The van der Waals surface area contributed by atoms with Crippen LogP contribution in [0.3, 0.4) is 0 Å². The number of fused-ring (bicyclic) bond motifs is 1. The number of halogens is 2. The van der Waals surface area contributed by atoms with Gasteiger partial charge in [-0.3, -0.25) is 4.40 Å². The number of aromatic nitrogens is 3. The molecule has 0 fully saturated rings. The Hall–Kier alpha value is -2.14. The Balaban J connectivity index is 2.37. The second-order valence-corrected chi connectivity index (χ2v) is 6.48. The molecule has 0 atom stereocenters. The molecule has 0 aliphatic heterocycles. The first kappa shape index (κ1) is 17.7. The molecule has 0 aliphatic rings. The number of hydrogen-bond acceptors (Lipinski definition) is 3. The van der Waals surface area contributed by atoms with Crippen LogP contribution in [0.1, 0.15) is 32.4 Å². The van der Waals surface area contributed by atoms with E-state index in [1.54, 1.807) is 18.3 Å². The van der Waals surface area contributed by atoms with Crippen molar-refractivity contribution in [2.24, 2.45) is 0 Å². The average Bonchev–Trinajstić information content (AvgIpc) is 3.02. The quantitative estimate of drug-likeness (QED) is 0.611. The fourth-order valence-electron chi connectivity index (χ4n) is 3.24. The lowest BCUT2D eigenvalue weighted by molar-refractivity contribution is 0.630. The molecule has 0 radical (unpaired) electrons. The molecule has 3 rings (SSSR count). The van der Waals surface area contributed by atoms with Crippen molar-refractivity contribution in [3.8, 4) is 11.1 Å². The van der Waals surface area contributed by atoms with Gasteiger partial charge in [0.05, 0.1) is 10.7 Å². The van der Waals surface area contributed by atoms with Gasteiger partial charge in [0.1, 0.15) is 11.6 Å². The first-order valence-corrected chi connectivity index (χ1v) is 8.99. The molecule has 0 spiro atoms.